The van der Waals surface area contributed by atoms with Crippen LogP contribution in [0.2, 0.25) is 0 Å². The van der Waals surface area contributed by atoms with E-state index in [9.17, 15) is 9.50 Å². The molecule has 6 rings (SSSR count). The number of nitrogens with zero attached hydrogens (tertiary/aromatic N) is 5. The van der Waals surface area contributed by atoms with Gasteiger partial charge in [0.25, 0.3) is 0 Å². The minimum absolute atomic E-state index is 0.0779. The molecule has 5 heterocycles. The third-order valence-electron chi connectivity index (χ3n) is 6.50. The average Bonchev–Trinajstić information content (AvgIpc) is 3.57. The fourth-order valence-corrected chi connectivity index (χ4v) is 4.58. The summed E-state index contributed by atoms with van der Waals surface area (Å²) in [4.78, 5) is 20.5. The van der Waals surface area contributed by atoms with Gasteiger partial charge in [-0.15, -0.1) is 0 Å². The fraction of sp³-hybridized carbons (Fsp3) is 0.179. The number of aromatic nitrogens is 7. The molecule has 4 N–H and O–H groups in total. The van der Waals surface area contributed by atoms with Crippen LogP contribution < -0.4 is 5.32 Å². The van der Waals surface area contributed by atoms with E-state index < -0.39 is 17.9 Å². The highest BCUT2D eigenvalue weighted by atomic mass is 19.1. The molecule has 0 aliphatic rings. The first-order valence-corrected chi connectivity index (χ1v) is 12.5. The molecule has 0 aliphatic carbocycles. The SMILES string of the molecule is CCCCC(O)Nc1cncc(-c2ncc3[nH]nc(-c4nc5c(-c6ccccc6F)cncc5[nH]4)c3c2F)c1. The van der Waals surface area contributed by atoms with Crippen molar-refractivity contribution >= 4 is 27.6 Å². The Bertz CT molecular complexity index is 1800. The molecule has 6 aromatic rings. The van der Waals surface area contributed by atoms with Gasteiger partial charge in [-0.2, -0.15) is 5.10 Å². The summed E-state index contributed by atoms with van der Waals surface area (Å²) in [5.74, 6) is -0.702. The molecule has 1 unspecified atom stereocenters. The first-order chi connectivity index (χ1) is 19.0. The normalized spacial score (nSPS) is 12.3. The van der Waals surface area contributed by atoms with E-state index in [0.717, 1.165) is 12.8 Å². The minimum atomic E-state index is -0.736. The zero-order chi connectivity index (χ0) is 26.9. The Morgan fingerprint density at radius 1 is 0.974 bits per heavy atom. The van der Waals surface area contributed by atoms with E-state index in [1.54, 1.807) is 42.9 Å². The van der Waals surface area contributed by atoms with Crippen molar-refractivity contribution in [3.8, 4) is 33.9 Å². The number of aliphatic hydroxyl groups is 1. The van der Waals surface area contributed by atoms with Crippen LogP contribution in [0.4, 0.5) is 14.5 Å². The van der Waals surface area contributed by atoms with Crippen molar-refractivity contribution in [1.82, 2.24) is 35.1 Å². The summed E-state index contributed by atoms with van der Waals surface area (Å²) in [7, 11) is 0. The van der Waals surface area contributed by atoms with E-state index >= 15 is 4.39 Å². The van der Waals surface area contributed by atoms with Crippen LogP contribution >= 0.6 is 0 Å². The molecule has 0 saturated heterocycles. The topological polar surface area (TPSA) is 128 Å². The fourth-order valence-electron chi connectivity index (χ4n) is 4.58. The summed E-state index contributed by atoms with van der Waals surface area (Å²) >= 11 is 0. The Kier molecular flexibility index (Phi) is 6.41. The average molecular weight is 527 g/mol. The lowest BCUT2D eigenvalue weighted by atomic mass is 10.1. The van der Waals surface area contributed by atoms with Gasteiger partial charge in [-0.25, -0.2) is 13.8 Å². The number of aliphatic hydroxyl groups excluding tert-OH is 1. The molecule has 39 heavy (non-hydrogen) atoms. The lowest BCUT2D eigenvalue weighted by Crippen LogP contribution is -2.18. The third kappa shape index (κ3) is 4.57. The number of imidazole rings is 1. The van der Waals surface area contributed by atoms with Gasteiger partial charge in [0.15, 0.2) is 11.6 Å². The van der Waals surface area contributed by atoms with Gasteiger partial charge in [-0.3, -0.25) is 20.1 Å². The monoisotopic (exact) mass is 526 g/mol. The summed E-state index contributed by atoms with van der Waals surface area (Å²) in [6.07, 6.45) is 9.38. The molecule has 9 nitrogen and oxygen atoms in total. The van der Waals surface area contributed by atoms with Crippen molar-refractivity contribution in [3.05, 3.63) is 73.0 Å². The summed E-state index contributed by atoms with van der Waals surface area (Å²) in [5, 5.41) is 20.5. The van der Waals surface area contributed by atoms with Crippen LogP contribution in [0.3, 0.4) is 0 Å². The quantitative estimate of drug-likeness (QED) is 0.184. The Morgan fingerprint density at radius 3 is 2.67 bits per heavy atom. The van der Waals surface area contributed by atoms with Crippen molar-refractivity contribution in [2.45, 2.75) is 32.4 Å². The van der Waals surface area contributed by atoms with Gasteiger partial charge in [0.05, 0.1) is 40.7 Å². The highest BCUT2D eigenvalue weighted by Crippen LogP contribution is 2.35. The molecule has 1 aromatic carbocycles. The summed E-state index contributed by atoms with van der Waals surface area (Å²) in [6, 6.07) is 8.07. The molecule has 0 bridgehead atoms. The summed E-state index contributed by atoms with van der Waals surface area (Å²) in [5.41, 5.74) is 3.61. The smallest absolute Gasteiger partial charge is 0.161 e. The van der Waals surface area contributed by atoms with E-state index in [1.165, 1.54) is 18.5 Å². The molecule has 0 fully saturated rings. The van der Waals surface area contributed by atoms with E-state index in [-0.39, 0.29) is 16.8 Å². The van der Waals surface area contributed by atoms with E-state index in [0.29, 0.717) is 51.2 Å². The van der Waals surface area contributed by atoms with Crippen molar-refractivity contribution < 1.29 is 13.9 Å². The Morgan fingerprint density at radius 2 is 1.82 bits per heavy atom. The van der Waals surface area contributed by atoms with Crippen molar-refractivity contribution in [1.29, 1.82) is 0 Å². The standard InChI is InChI=1S/C28H24F2N8O/c1-2-3-8-22(39)34-16-9-15(10-31-11-16)25-24(30)23-20(14-33-25)37-38-27(23)28-35-21-13-32-12-18(26(21)36-28)17-6-4-5-7-19(17)29/h4-7,9-14,22,34,39H,2-3,8H2,1H3,(H,35,36)(H,37,38). The largest absolute Gasteiger partial charge is 0.374 e. The lowest BCUT2D eigenvalue weighted by Gasteiger charge is -2.14. The third-order valence-corrected chi connectivity index (χ3v) is 6.50. The van der Waals surface area contributed by atoms with Crippen LogP contribution in [-0.2, 0) is 0 Å². The van der Waals surface area contributed by atoms with Crippen LogP contribution in [0, 0.1) is 11.6 Å². The van der Waals surface area contributed by atoms with Gasteiger partial charge in [0, 0.05) is 29.1 Å². The molecule has 0 spiro atoms. The number of rotatable bonds is 8. The number of hydrogen-bond donors (Lipinski definition) is 4. The molecule has 5 aromatic heterocycles. The van der Waals surface area contributed by atoms with Crippen molar-refractivity contribution in [2.75, 3.05) is 5.32 Å². The molecular formula is C28H24F2N8O. The molecule has 0 saturated carbocycles. The second-order valence-electron chi connectivity index (χ2n) is 9.19. The number of aromatic amines is 2. The molecule has 0 aliphatic heterocycles. The number of H-pyrrole nitrogens is 2. The number of fused-ring (bicyclic) bond motifs is 2. The second kappa shape index (κ2) is 10.2. The second-order valence-corrected chi connectivity index (χ2v) is 9.19. The first-order valence-electron chi connectivity index (χ1n) is 12.5. The Balaban J connectivity index is 1.41. The predicted octanol–water partition coefficient (Wildman–Crippen LogP) is 5.82. The maximum absolute atomic E-state index is 16.0. The van der Waals surface area contributed by atoms with E-state index in [1.807, 2.05) is 6.92 Å². The predicted molar refractivity (Wildman–Crippen MR) is 145 cm³/mol. The number of pyridine rings is 3. The number of unbranched alkanes of at least 4 members (excludes halogenated alkanes) is 1. The van der Waals surface area contributed by atoms with Gasteiger partial charge in [-0.05, 0) is 25.0 Å². The highest BCUT2D eigenvalue weighted by Gasteiger charge is 2.22. The van der Waals surface area contributed by atoms with Gasteiger partial charge >= 0.3 is 0 Å². The van der Waals surface area contributed by atoms with Gasteiger partial charge in [-0.1, -0.05) is 31.5 Å². The summed E-state index contributed by atoms with van der Waals surface area (Å²) < 4.78 is 30.6. The van der Waals surface area contributed by atoms with Gasteiger partial charge in [0.2, 0.25) is 0 Å². The zero-order valence-corrected chi connectivity index (χ0v) is 20.9. The number of benzene rings is 1. The number of hydrogen-bond acceptors (Lipinski definition) is 7. The van der Waals surface area contributed by atoms with Crippen LogP contribution in [0.15, 0.2) is 61.3 Å². The van der Waals surface area contributed by atoms with E-state index in [2.05, 4.69) is 40.4 Å². The molecule has 0 amide bonds. The maximum atomic E-state index is 16.0. The van der Waals surface area contributed by atoms with Crippen LogP contribution in [0.25, 0.3) is 55.8 Å². The van der Waals surface area contributed by atoms with Crippen molar-refractivity contribution in [2.24, 2.45) is 0 Å². The Labute approximate surface area is 221 Å². The number of anilines is 1. The molecular weight excluding hydrogens is 502 g/mol. The first kappa shape index (κ1) is 24.6. The van der Waals surface area contributed by atoms with Crippen LogP contribution in [0.1, 0.15) is 26.2 Å². The molecule has 1 atom stereocenters. The van der Waals surface area contributed by atoms with Crippen LogP contribution in [0.5, 0.6) is 0 Å². The van der Waals surface area contributed by atoms with Gasteiger partial charge in [0.1, 0.15) is 28.9 Å². The summed E-state index contributed by atoms with van der Waals surface area (Å²) in [6.45, 7) is 2.05. The number of halogens is 2. The maximum Gasteiger partial charge on any atom is 0.161 e. The molecule has 11 heteroatoms. The minimum Gasteiger partial charge on any atom is -0.374 e. The van der Waals surface area contributed by atoms with Gasteiger partial charge < -0.3 is 15.4 Å². The highest BCUT2D eigenvalue weighted by molar-refractivity contribution is 5.97. The lowest BCUT2D eigenvalue weighted by molar-refractivity contribution is 0.190. The zero-order valence-electron chi connectivity index (χ0n) is 20.9. The van der Waals surface area contributed by atoms with Crippen molar-refractivity contribution in [3.63, 3.8) is 0 Å². The Hall–Kier alpha value is -4.77. The molecule has 196 valence electrons. The molecule has 0 radical (unpaired) electrons. The van der Waals surface area contributed by atoms with E-state index in [4.69, 9.17) is 0 Å². The number of nitrogens with one attached hydrogen (secondary N) is 3. The van der Waals surface area contributed by atoms with Crippen LogP contribution in [-0.4, -0.2) is 46.5 Å².